The van der Waals surface area contributed by atoms with Crippen LogP contribution in [-0.2, 0) is 17.8 Å². The van der Waals surface area contributed by atoms with Crippen LogP contribution in [-0.4, -0.2) is 48.9 Å². The molecule has 1 heterocycles. The van der Waals surface area contributed by atoms with Crippen molar-refractivity contribution in [3.05, 3.63) is 71.3 Å². The van der Waals surface area contributed by atoms with Gasteiger partial charge in [0, 0.05) is 25.2 Å². The molecule has 1 aliphatic rings. The molecule has 0 spiro atoms. The Labute approximate surface area is 172 Å². The van der Waals surface area contributed by atoms with Crippen LogP contribution < -0.4 is 16.4 Å². The van der Waals surface area contributed by atoms with E-state index in [0.29, 0.717) is 25.1 Å². The summed E-state index contributed by atoms with van der Waals surface area (Å²) in [6.07, 6.45) is 3.01. The molecule has 0 saturated carbocycles. The highest BCUT2D eigenvalue weighted by Gasteiger charge is 2.14. The third-order valence-corrected chi connectivity index (χ3v) is 5.23. The average molecular weight is 395 g/mol. The van der Waals surface area contributed by atoms with Gasteiger partial charge < -0.3 is 21.3 Å². The number of benzene rings is 2. The van der Waals surface area contributed by atoms with Crippen molar-refractivity contribution in [2.45, 2.75) is 31.8 Å². The quantitative estimate of drug-likeness (QED) is 0.604. The first-order valence-corrected chi connectivity index (χ1v) is 10.3. The van der Waals surface area contributed by atoms with Crippen LogP contribution in [0.1, 0.15) is 34.3 Å². The third kappa shape index (κ3) is 6.69. The number of hydrogen-bond acceptors (Lipinski definition) is 4. The van der Waals surface area contributed by atoms with Crippen molar-refractivity contribution in [1.29, 1.82) is 0 Å². The number of amides is 2. The molecule has 0 aromatic heterocycles. The van der Waals surface area contributed by atoms with Crippen molar-refractivity contribution in [3.8, 4) is 0 Å². The van der Waals surface area contributed by atoms with E-state index in [0.717, 1.165) is 30.8 Å². The summed E-state index contributed by atoms with van der Waals surface area (Å²) in [5.41, 5.74) is 8.59. The predicted molar refractivity (Wildman–Crippen MR) is 114 cm³/mol. The van der Waals surface area contributed by atoms with Crippen LogP contribution in [0.4, 0.5) is 0 Å². The molecule has 6 nitrogen and oxygen atoms in total. The molecule has 2 aromatic carbocycles. The number of nitrogens with one attached hydrogen (secondary N) is 2. The van der Waals surface area contributed by atoms with Gasteiger partial charge in [-0.1, -0.05) is 42.5 Å². The Kier molecular flexibility index (Phi) is 7.78. The SMILES string of the molecule is NC(Cc1ccccc1)C(=O)NCc1ccc(C(=O)NCCN2CCCC2)cc1. The molecule has 3 rings (SSSR count). The standard InChI is InChI=1S/C23H30N4O2/c24-21(16-18-6-2-1-3-7-18)23(29)26-17-19-8-10-20(11-9-19)22(28)25-12-15-27-13-4-5-14-27/h1-3,6-11,21H,4-5,12-17,24H2,(H,25,28)(H,26,29). The van der Waals surface area contributed by atoms with Crippen molar-refractivity contribution in [3.63, 3.8) is 0 Å². The van der Waals surface area contributed by atoms with Gasteiger partial charge in [0.25, 0.3) is 5.91 Å². The van der Waals surface area contributed by atoms with Gasteiger partial charge in [0.1, 0.15) is 0 Å². The van der Waals surface area contributed by atoms with Gasteiger partial charge in [-0.15, -0.1) is 0 Å². The normalized spacial score (nSPS) is 15.1. The second kappa shape index (κ2) is 10.7. The maximum atomic E-state index is 12.2. The van der Waals surface area contributed by atoms with E-state index in [9.17, 15) is 9.59 Å². The average Bonchev–Trinajstić information content (AvgIpc) is 3.26. The van der Waals surface area contributed by atoms with Gasteiger partial charge in [-0.05, 0) is 55.6 Å². The number of nitrogens with zero attached hydrogens (tertiary/aromatic N) is 1. The molecule has 4 N–H and O–H groups in total. The van der Waals surface area contributed by atoms with Crippen LogP contribution in [0.2, 0.25) is 0 Å². The van der Waals surface area contributed by atoms with Gasteiger partial charge >= 0.3 is 0 Å². The van der Waals surface area contributed by atoms with Gasteiger partial charge in [0.15, 0.2) is 0 Å². The zero-order valence-corrected chi connectivity index (χ0v) is 16.8. The van der Waals surface area contributed by atoms with Crippen LogP contribution in [0, 0.1) is 0 Å². The Morgan fingerprint density at radius 2 is 1.62 bits per heavy atom. The largest absolute Gasteiger partial charge is 0.351 e. The maximum Gasteiger partial charge on any atom is 0.251 e. The van der Waals surface area contributed by atoms with E-state index >= 15 is 0 Å². The van der Waals surface area contributed by atoms with Crippen LogP contribution >= 0.6 is 0 Å². The molecule has 154 valence electrons. The number of carbonyl (C=O) groups excluding carboxylic acids is 2. The lowest BCUT2D eigenvalue weighted by atomic mass is 10.1. The summed E-state index contributed by atoms with van der Waals surface area (Å²) in [5, 5.41) is 5.83. The van der Waals surface area contributed by atoms with E-state index in [1.807, 2.05) is 42.5 Å². The first-order valence-electron chi connectivity index (χ1n) is 10.3. The van der Waals surface area contributed by atoms with E-state index in [2.05, 4.69) is 15.5 Å². The summed E-state index contributed by atoms with van der Waals surface area (Å²) in [5.74, 6) is -0.248. The molecule has 1 atom stereocenters. The fourth-order valence-electron chi connectivity index (χ4n) is 3.49. The summed E-state index contributed by atoms with van der Waals surface area (Å²) >= 11 is 0. The summed E-state index contributed by atoms with van der Waals surface area (Å²) in [6.45, 7) is 4.21. The molecule has 1 aliphatic heterocycles. The molecule has 1 unspecified atom stereocenters. The number of nitrogens with two attached hydrogens (primary N) is 1. The van der Waals surface area contributed by atoms with E-state index in [1.165, 1.54) is 12.8 Å². The number of rotatable bonds is 9. The summed E-state index contributed by atoms with van der Waals surface area (Å²) in [6, 6.07) is 16.4. The topological polar surface area (TPSA) is 87.5 Å². The zero-order chi connectivity index (χ0) is 20.5. The third-order valence-electron chi connectivity index (χ3n) is 5.23. The minimum Gasteiger partial charge on any atom is -0.351 e. The van der Waals surface area contributed by atoms with Gasteiger partial charge in [-0.25, -0.2) is 0 Å². The highest BCUT2D eigenvalue weighted by atomic mass is 16.2. The minimum absolute atomic E-state index is 0.0651. The van der Waals surface area contributed by atoms with Crippen molar-refractivity contribution in [2.24, 2.45) is 5.73 Å². The lowest BCUT2D eigenvalue weighted by molar-refractivity contribution is -0.122. The molecular formula is C23H30N4O2. The molecule has 1 fully saturated rings. The van der Waals surface area contributed by atoms with Crippen molar-refractivity contribution < 1.29 is 9.59 Å². The Balaban J connectivity index is 1.40. The fraction of sp³-hybridized carbons (Fsp3) is 0.391. The van der Waals surface area contributed by atoms with Crippen LogP contribution in [0.3, 0.4) is 0 Å². The lowest BCUT2D eigenvalue weighted by Gasteiger charge is -2.15. The molecule has 0 bridgehead atoms. The van der Waals surface area contributed by atoms with Gasteiger partial charge in [-0.3, -0.25) is 9.59 Å². The smallest absolute Gasteiger partial charge is 0.251 e. The molecule has 0 aliphatic carbocycles. The monoisotopic (exact) mass is 394 g/mol. The van der Waals surface area contributed by atoms with Crippen LogP contribution in [0.5, 0.6) is 0 Å². The van der Waals surface area contributed by atoms with Crippen LogP contribution in [0.15, 0.2) is 54.6 Å². The van der Waals surface area contributed by atoms with E-state index < -0.39 is 6.04 Å². The first kappa shape index (κ1) is 21.0. The lowest BCUT2D eigenvalue weighted by Crippen LogP contribution is -2.41. The summed E-state index contributed by atoms with van der Waals surface area (Å²) < 4.78 is 0. The maximum absolute atomic E-state index is 12.2. The molecule has 6 heteroatoms. The molecule has 0 radical (unpaired) electrons. The van der Waals surface area contributed by atoms with Crippen LogP contribution in [0.25, 0.3) is 0 Å². The van der Waals surface area contributed by atoms with E-state index in [1.54, 1.807) is 12.1 Å². The summed E-state index contributed by atoms with van der Waals surface area (Å²) in [7, 11) is 0. The second-order valence-corrected chi connectivity index (χ2v) is 7.52. The second-order valence-electron chi connectivity index (χ2n) is 7.52. The number of carbonyl (C=O) groups is 2. The molecule has 2 amide bonds. The van der Waals surface area contributed by atoms with Crippen molar-refractivity contribution >= 4 is 11.8 Å². The van der Waals surface area contributed by atoms with Gasteiger partial charge in [0.2, 0.25) is 5.91 Å². The fourth-order valence-corrected chi connectivity index (χ4v) is 3.49. The Morgan fingerprint density at radius 3 is 2.31 bits per heavy atom. The highest BCUT2D eigenvalue weighted by molar-refractivity contribution is 5.94. The van der Waals surface area contributed by atoms with Gasteiger partial charge in [-0.2, -0.15) is 0 Å². The Hall–Kier alpha value is -2.70. The Bertz CT molecular complexity index is 786. The van der Waals surface area contributed by atoms with Crippen molar-refractivity contribution in [1.82, 2.24) is 15.5 Å². The molecular weight excluding hydrogens is 364 g/mol. The number of hydrogen-bond donors (Lipinski definition) is 3. The molecule has 2 aromatic rings. The Morgan fingerprint density at radius 1 is 0.931 bits per heavy atom. The zero-order valence-electron chi connectivity index (χ0n) is 16.8. The highest BCUT2D eigenvalue weighted by Crippen LogP contribution is 2.07. The number of likely N-dealkylation sites (tertiary alicyclic amines) is 1. The van der Waals surface area contributed by atoms with Gasteiger partial charge in [0.05, 0.1) is 6.04 Å². The first-order chi connectivity index (χ1) is 14.1. The van der Waals surface area contributed by atoms with E-state index in [-0.39, 0.29) is 11.8 Å². The minimum atomic E-state index is -0.585. The molecule has 29 heavy (non-hydrogen) atoms. The summed E-state index contributed by atoms with van der Waals surface area (Å²) in [4.78, 5) is 26.8. The van der Waals surface area contributed by atoms with Crippen molar-refractivity contribution in [2.75, 3.05) is 26.2 Å². The predicted octanol–water partition coefficient (Wildman–Crippen LogP) is 1.70. The van der Waals surface area contributed by atoms with E-state index in [4.69, 9.17) is 5.73 Å². The molecule has 1 saturated heterocycles.